The molecule has 1 fully saturated rings. The molecule has 0 radical (unpaired) electrons. The van der Waals surface area contributed by atoms with Gasteiger partial charge in [-0.05, 0) is 44.5 Å². The van der Waals surface area contributed by atoms with Crippen LogP contribution in [0.3, 0.4) is 0 Å². The van der Waals surface area contributed by atoms with Crippen LogP contribution in [0.1, 0.15) is 30.6 Å². The number of anilines is 2. The van der Waals surface area contributed by atoms with Crippen LogP contribution >= 0.6 is 22.7 Å². The van der Waals surface area contributed by atoms with Crippen LogP contribution in [0, 0.1) is 11.6 Å². The second kappa shape index (κ2) is 7.02. The highest BCUT2D eigenvalue weighted by atomic mass is 32.1. The Morgan fingerprint density at radius 1 is 1.18 bits per heavy atom. The standard InChI is InChI=1S/C20H18F2N4S2/c1-10-11(3-2-4-23-10)17-5-12-19(14(22)8-24-20(12)28-17)26-15-7-16-18(6-13(15)21)27-9-25-16/h5-11,23H,2-4H2,1H3,(H,24,26)/t10-,11-/m1/s1. The number of fused-ring (bicyclic) bond motifs is 2. The van der Waals surface area contributed by atoms with E-state index in [4.69, 9.17) is 0 Å². The van der Waals surface area contributed by atoms with Gasteiger partial charge in [0.1, 0.15) is 10.6 Å². The summed E-state index contributed by atoms with van der Waals surface area (Å²) in [5.41, 5.74) is 2.83. The minimum atomic E-state index is -0.496. The highest BCUT2D eigenvalue weighted by Crippen LogP contribution is 2.40. The van der Waals surface area contributed by atoms with Crippen LogP contribution in [0.2, 0.25) is 0 Å². The molecule has 0 aliphatic carbocycles. The fourth-order valence-electron chi connectivity index (χ4n) is 3.84. The normalized spacial score (nSPS) is 20.1. The molecule has 0 saturated carbocycles. The molecule has 0 unspecified atom stereocenters. The van der Waals surface area contributed by atoms with Gasteiger partial charge in [-0.15, -0.1) is 22.7 Å². The molecular formula is C20H18F2N4S2. The summed E-state index contributed by atoms with van der Waals surface area (Å²) in [5.74, 6) is -0.543. The summed E-state index contributed by atoms with van der Waals surface area (Å²) in [6.45, 7) is 3.21. The lowest BCUT2D eigenvalue weighted by Crippen LogP contribution is -2.37. The van der Waals surface area contributed by atoms with Gasteiger partial charge in [0.2, 0.25) is 0 Å². The van der Waals surface area contributed by atoms with Crippen molar-refractivity contribution in [3.63, 3.8) is 0 Å². The van der Waals surface area contributed by atoms with Gasteiger partial charge >= 0.3 is 0 Å². The van der Waals surface area contributed by atoms with Crippen molar-refractivity contribution in [2.45, 2.75) is 31.7 Å². The van der Waals surface area contributed by atoms with E-state index in [0.29, 0.717) is 22.9 Å². The molecule has 144 valence electrons. The summed E-state index contributed by atoms with van der Waals surface area (Å²) >= 11 is 2.96. The van der Waals surface area contributed by atoms with Crippen LogP contribution in [0.5, 0.6) is 0 Å². The van der Waals surface area contributed by atoms with E-state index in [1.807, 2.05) is 6.07 Å². The number of aromatic nitrogens is 2. The number of nitrogens with zero attached hydrogens (tertiary/aromatic N) is 2. The van der Waals surface area contributed by atoms with E-state index in [1.165, 1.54) is 28.5 Å². The van der Waals surface area contributed by atoms with E-state index in [2.05, 4.69) is 27.5 Å². The van der Waals surface area contributed by atoms with E-state index < -0.39 is 11.6 Å². The molecule has 1 saturated heterocycles. The second-order valence-corrected chi connectivity index (χ2v) is 9.07. The number of hydrogen-bond donors (Lipinski definition) is 2. The van der Waals surface area contributed by atoms with E-state index in [-0.39, 0.29) is 11.4 Å². The van der Waals surface area contributed by atoms with Gasteiger partial charge in [-0.3, -0.25) is 0 Å². The Bertz CT molecular complexity index is 1170. The predicted octanol–water partition coefficient (Wildman–Crippen LogP) is 5.78. The molecule has 28 heavy (non-hydrogen) atoms. The zero-order valence-electron chi connectivity index (χ0n) is 15.1. The third-order valence-electron chi connectivity index (χ3n) is 5.34. The van der Waals surface area contributed by atoms with Gasteiger partial charge in [0.05, 0.1) is 33.3 Å². The number of thiophene rings is 1. The lowest BCUT2D eigenvalue weighted by Gasteiger charge is -2.29. The van der Waals surface area contributed by atoms with Crippen molar-refractivity contribution in [3.8, 4) is 0 Å². The molecule has 0 spiro atoms. The van der Waals surface area contributed by atoms with Crippen LogP contribution in [-0.4, -0.2) is 22.6 Å². The van der Waals surface area contributed by atoms with Crippen molar-refractivity contribution in [2.24, 2.45) is 0 Å². The van der Waals surface area contributed by atoms with Crippen LogP contribution < -0.4 is 10.6 Å². The minimum Gasteiger partial charge on any atom is -0.350 e. The summed E-state index contributed by atoms with van der Waals surface area (Å²) in [5, 5.41) is 7.15. The van der Waals surface area contributed by atoms with E-state index >= 15 is 0 Å². The van der Waals surface area contributed by atoms with Crippen molar-refractivity contribution in [3.05, 3.63) is 46.4 Å². The van der Waals surface area contributed by atoms with Crippen LogP contribution in [0.25, 0.3) is 20.4 Å². The number of piperidine rings is 1. The Labute approximate surface area is 168 Å². The maximum Gasteiger partial charge on any atom is 0.165 e. The summed E-state index contributed by atoms with van der Waals surface area (Å²) in [6.07, 6.45) is 3.42. The van der Waals surface area contributed by atoms with Gasteiger partial charge in [0.15, 0.2) is 5.82 Å². The Morgan fingerprint density at radius 3 is 2.93 bits per heavy atom. The first-order valence-electron chi connectivity index (χ1n) is 9.21. The smallest absolute Gasteiger partial charge is 0.165 e. The number of thiazole rings is 1. The maximum absolute atomic E-state index is 14.7. The van der Waals surface area contributed by atoms with E-state index in [1.54, 1.807) is 22.9 Å². The molecular weight excluding hydrogens is 398 g/mol. The quantitative estimate of drug-likeness (QED) is 0.444. The fourth-order valence-corrected chi connectivity index (χ4v) is 5.77. The highest BCUT2D eigenvalue weighted by molar-refractivity contribution is 7.18. The minimum absolute atomic E-state index is 0.213. The van der Waals surface area contributed by atoms with Crippen molar-refractivity contribution >= 4 is 54.5 Å². The molecule has 1 aliphatic rings. The van der Waals surface area contributed by atoms with Gasteiger partial charge < -0.3 is 10.6 Å². The van der Waals surface area contributed by atoms with Gasteiger partial charge in [-0.25, -0.2) is 18.7 Å². The molecule has 4 heterocycles. The molecule has 0 bridgehead atoms. The molecule has 2 atom stereocenters. The molecule has 2 N–H and O–H groups in total. The number of halogens is 2. The third-order valence-corrected chi connectivity index (χ3v) is 7.31. The second-order valence-electron chi connectivity index (χ2n) is 7.12. The number of rotatable bonds is 3. The molecule has 1 aromatic carbocycles. The first-order valence-corrected chi connectivity index (χ1v) is 10.9. The van der Waals surface area contributed by atoms with Gasteiger partial charge in [0.25, 0.3) is 0 Å². The van der Waals surface area contributed by atoms with E-state index in [9.17, 15) is 8.78 Å². The SMILES string of the molecule is C[C@H]1NCCC[C@H]1c1cc2c(Nc3cc4ncsc4cc3F)c(F)cnc2s1. The van der Waals surface area contributed by atoms with Crippen LogP contribution in [0.4, 0.5) is 20.2 Å². The largest absolute Gasteiger partial charge is 0.350 e. The topological polar surface area (TPSA) is 49.8 Å². The molecule has 8 heteroatoms. The summed E-state index contributed by atoms with van der Waals surface area (Å²) in [7, 11) is 0. The molecule has 5 rings (SSSR count). The maximum atomic E-state index is 14.7. The third kappa shape index (κ3) is 3.05. The summed E-state index contributed by atoms with van der Waals surface area (Å²) in [6, 6.07) is 5.42. The predicted molar refractivity (Wildman–Crippen MR) is 112 cm³/mol. The molecule has 1 aliphatic heterocycles. The average molecular weight is 417 g/mol. The van der Waals surface area contributed by atoms with Crippen molar-refractivity contribution < 1.29 is 8.78 Å². The van der Waals surface area contributed by atoms with Gasteiger partial charge in [0, 0.05) is 22.2 Å². The van der Waals surface area contributed by atoms with Gasteiger partial charge in [-0.2, -0.15) is 0 Å². The summed E-state index contributed by atoms with van der Waals surface area (Å²) in [4.78, 5) is 10.4. The lowest BCUT2D eigenvalue weighted by atomic mass is 9.90. The average Bonchev–Trinajstić information content (AvgIpc) is 3.31. The Hall–Kier alpha value is -2.16. The number of pyridine rings is 1. The zero-order valence-corrected chi connectivity index (χ0v) is 16.8. The Morgan fingerprint density at radius 2 is 2.07 bits per heavy atom. The Kier molecular flexibility index (Phi) is 4.49. The first-order chi connectivity index (χ1) is 13.6. The molecule has 0 amide bonds. The lowest BCUT2D eigenvalue weighted by molar-refractivity contribution is 0.375. The molecule has 3 aromatic heterocycles. The fraction of sp³-hybridized carbons (Fsp3) is 0.300. The van der Waals surface area contributed by atoms with Crippen LogP contribution in [0.15, 0.2) is 29.9 Å². The van der Waals surface area contributed by atoms with Crippen molar-refractivity contribution in [2.75, 3.05) is 11.9 Å². The first kappa shape index (κ1) is 17.9. The monoisotopic (exact) mass is 416 g/mol. The molecule has 4 aromatic rings. The van der Waals surface area contributed by atoms with Gasteiger partial charge in [-0.1, -0.05) is 0 Å². The van der Waals surface area contributed by atoms with Crippen molar-refractivity contribution in [1.82, 2.24) is 15.3 Å². The number of benzene rings is 1. The van der Waals surface area contributed by atoms with Crippen molar-refractivity contribution in [1.29, 1.82) is 0 Å². The number of hydrogen-bond acceptors (Lipinski definition) is 6. The molecule has 4 nitrogen and oxygen atoms in total. The van der Waals surface area contributed by atoms with E-state index in [0.717, 1.165) is 28.9 Å². The number of nitrogens with one attached hydrogen (secondary N) is 2. The highest BCUT2D eigenvalue weighted by Gasteiger charge is 2.25. The van der Waals surface area contributed by atoms with Crippen LogP contribution in [-0.2, 0) is 0 Å². The summed E-state index contributed by atoms with van der Waals surface area (Å²) < 4.78 is 29.9. The zero-order chi connectivity index (χ0) is 19.3. The Balaban J connectivity index is 1.58.